The van der Waals surface area contributed by atoms with Crippen LogP contribution in [0.15, 0.2) is 60.7 Å². The van der Waals surface area contributed by atoms with Gasteiger partial charge in [0, 0.05) is 5.92 Å². The molecule has 0 aliphatic rings. The molecule has 0 spiro atoms. The second kappa shape index (κ2) is 6.03. The van der Waals surface area contributed by atoms with E-state index in [1.165, 1.54) is 11.1 Å². The van der Waals surface area contributed by atoms with E-state index in [-0.39, 0.29) is 0 Å². The quantitative estimate of drug-likeness (QED) is 0.840. The molecule has 0 aliphatic carbocycles. The highest BCUT2D eigenvalue weighted by atomic mass is 16.3. The van der Waals surface area contributed by atoms with Crippen LogP contribution in [0.5, 0.6) is 0 Å². The van der Waals surface area contributed by atoms with Crippen molar-refractivity contribution in [2.24, 2.45) is 0 Å². The van der Waals surface area contributed by atoms with Gasteiger partial charge in [-0.25, -0.2) is 0 Å². The van der Waals surface area contributed by atoms with Crippen LogP contribution in [0, 0.1) is 0 Å². The van der Waals surface area contributed by atoms with Gasteiger partial charge in [-0.05, 0) is 37.8 Å². The number of hydrogen-bond donors (Lipinski definition) is 1. The highest BCUT2D eigenvalue weighted by molar-refractivity contribution is 5.32. The summed E-state index contributed by atoms with van der Waals surface area (Å²) < 4.78 is 0. The lowest BCUT2D eigenvalue weighted by atomic mass is 9.85. The molecule has 0 saturated carbocycles. The van der Waals surface area contributed by atoms with Gasteiger partial charge in [0.1, 0.15) is 0 Å². The molecule has 0 bridgehead atoms. The third-order valence-corrected chi connectivity index (χ3v) is 3.45. The summed E-state index contributed by atoms with van der Waals surface area (Å²) in [6.45, 7) is 3.75. The van der Waals surface area contributed by atoms with Gasteiger partial charge in [0.2, 0.25) is 0 Å². The largest absolute Gasteiger partial charge is 0.390 e. The van der Waals surface area contributed by atoms with Crippen molar-refractivity contribution in [1.29, 1.82) is 0 Å². The normalized spacial score (nSPS) is 11.8. The monoisotopic (exact) mass is 254 g/mol. The summed E-state index contributed by atoms with van der Waals surface area (Å²) in [6, 6.07) is 21.1. The Morgan fingerprint density at radius 1 is 0.842 bits per heavy atom. The van der Waals surface area contributed by atoms with Crippen molar-refractivity contribution >= 4 is 0 Å². The minimum atomic E-state index is -0.609. The first-order valence-electron chi connectivity index (χ1n) is 6.88. The molecule has 0 aromatic heterocycles. The molecule has 0 unspecified atom stereocenters. The zero-order valence-electron chi connectivity index (χ0n) is 11.7. The number of aliphatic hydroxyl groups is 1. The lowest BCUT2D eigenvalue weighted by Crippen LogP contribution is -2.19. The molecule has 1 heteroatoms. The lowest BCUT2D eigenvalue weighted by molar-refractivity contribution is 0.0676. The fraction of sp³-hybridized carbons (Fsp3) is 0.333. The average Bonchev–Trinajstić information content (AvgIpc) is 2.40. The van der Waals surface area contributed by atoms with Crippen LogP contribution in [0.4, 0.5) is 0 Å². The summed E-state index contributed by atoms with van der Waals surface area (Å²) in [5.41, 5.74) is 2.03. The standard InChI is InChI=1S/C18H22O/c1-18(2,19)14-13-17(15-9-5-3-6-10-15)16-11-7-4-8-12-16/h3-12,17,19H,13-14H2,1-2H3. The van der Waals surface area contributed by atoms with Gasteiger partial charge in [-0.2, -0.15) is 0 Å². The van der Waals surface area contributed by atoms with E-state index in [4.69, 9.17) is 0 Å². The van der Waals surface area contributed by atoms with Crippen LogP contribution in [0.25, 0.3) is 0 Å². The number of hydrogen-bond acceptors (Lipinski definition) is 1. The van der Waals surface area contributed by atoms with Crippen LogP contribution in [0.3, 0.4) is 0 Å². The van der Waals surface area contributed by atoms with Gasteiger partial charge in [-0.3, -0.25) is 0 Å². The zero-order valence-corrected chi connectivity index (χ0v) is 11.7. The van der Waals surface area contributed by atoms with Gasteiger partial charge in [0.15, 0.2) is 0 Å². The van der Waals surface area contributed by atoms with Crippen molar-refractivity contribution in [2.75, 3.05) is 0 Å². The van der Waals surface area contributed by atoms with E-state index in [0.29, 0.717) is 5.92 Å². The summed E-state index contributed by atoms with van der Waals surface area (Å²) >= 11 is 0. The van der Waals surface area contributed by atoms with Crippen molar-refractivity contribution in [2.45, 2.75) is 38.2 Å². The van der Waals surface area contributed by atoms with Crippen LogP contribution in [0.2, 0.25) is 0 Å². The maximum Gasteiger partial charge on any atom is 0.0592 e. The smallest absolute Gasteiger partial charge is 0.0592 e. The Bertz CT molecular complexity index is 443. The Kier molecular flexibility index (Phi) is 4.39. The summed E-state index contributed by atoms with van der Waals surface area (Å²) in [4.78, 5) is 0. The van der Waals surface area contributed by atoms with E-state index in [1.807, 2.05) is 26.0 Å². The predicted molar refractivity (Wildman–Crippen MR) is 80.3 cm³/mol. The second-order valence-corrected chi connectivity index (χ2v) is 5.73. The lowest BCUT2D eigenvalue weighted by Gasteiger charge is -2.23. The first-order chi connectivity index (χ1) is 9.06. The van der Waals surface area contributed by atoms with Gasteiger partial charge >= 0.3 is 0 Å². The van der Waals surface area contributed by atoms with E-state index in [0.717, 1.165) is 12.8 Å². The second-order valence-electron chi connectivity index (χ2n) is 5.73. The minimum absolute atomic E-state index is 0.355. The molecule has 2 rings (SSSR count). The molecule has 0 fully saturated rings. The van der Waals surface area contributed by atoms with Crippen LogP contribution in [-0.2, 0) is 0 Å². The minimum Gasteiger partial charge on any atom is -0.390 e. The molecule has 1 N–H and O–H groups in total. The van der Waals surface area contributed by atoms with Crippen molar-refractivity contribution in [1.82, 2.24) is 0 Å². The third-order valence-electron chi connectivity index (χ3n) is 3.45. The van der Waals surface area contributed by atoms with Crippen molar-refractivity contribution in [3.63, 3.8) is 0 Å². The predicted octanol–water partition coefficient (Wildman–Crippen LogP) is 4.37. The van der Waals surface area contributed by atoms with E-state index < -0.39 is 5.60 Å². The topological polar surface area (TPSA) is 20.2 Å². The molecule has 100 valence electrons. The first kappa shape index (κ1) is 13.8. The molecule has 0 aliphatic heterocycles. The molecule has 19 heavy (non-hydrogen) atoms. The number of rotatable bonds is 5. The van der Waals surface area contributed by atoms with E-state index in [1.54, 1.807) is 0 Å². The first-order valence-corrected chi connectivity index (χ1v) is 6.88. The Hall–Kier alpha value is -1.60. The van der Waals surface area contributed by atoms with Gasteiger partial charge in [-0.1, -0.05) is 60.7 Å². The molecule has 0 radical (unpaired) electrons. The number of benzene rings is 2. The summed E-state index contributed by atoms with van der Waals surface area (Å²) in [6.07, 6.45) is 1.75. The van der Waals surface area contributed by atoms with E-state index >= 15 is 0 Å². The van der Waals surface area contributed by atoms with E-state index in [9.17, 15) is 5.11 Å². The molecule has 0 heterocycles. The molecule has 1 nitrogen and oxygen atoms in total. The fourth-order valence-electron chi connectivity index (χ4n) is 2.39. The Morgan fingerprint density at radius 3 is 1.63 bits per heavy atom. The van der Waals surface area contributed by atoms with Gasteiger partial charge in [-0.15, -0.1) is 0 Å². The van der Waals surface area contributed by atoms with Crippen LogP contribution >= 0.6 is 0 Å². The molecule has 2 aromatic rings. The summed E-state index contributed by atoms with van der Waals surface area (Å²) in [7, 11) is 0. The maximum atomic E-state index is 9.96. The zero-order chi connectivity index (χ0) is 13.7. The van der Waals surface area contributed by atoms with Crippen LogP contribution in [-0.4, -0.2) is 10.7 Å². The van der Waals surface area contributed by atoms with E-state index in [2.05, 4.69) is 48.5 Å². The van der Waals surface area contributed by atoms with Crippen molar-refractivity contribution in [3.8, 4) is 0 Å². The highest BCUT2D eigenvalue weighted by Gasteiger charge is 2.19. The summed E-state index contributed by atoms with van der Waals surface area (Å²) in [5.74, 6) is 0.355. The fourth-order valence-corrected chi connectivity index (χ4v) is 2.39. The van der Waals surface area contributed by atoms with Crippen LogP contribution in [0.1, 0.15) is 43.7 Å². The molecule has 0 atom stereocenters. The van der Waals surface area contributed by atoms with Crippen LogP contribution < -0.4 is 0 Å². The Labute approximate surface area is 115 Å². The molecule has 0 saturated heterocycles. The molecule has 0 amide bonds. The van der Waals surface area contributed by atoms with Crippen molar-refractivity contribution < 1.29 is 5.11 Å². The Morgan fingerprint density at radius 2 is 1.26 bits per heavy atom. The molecule has 2 aromatic carbocycles. The molecular weight excluding hydrogens is 232 g/mol. The SMILES string of the molecule is CC(C)(O)CCC(c1ccccc1)c1ccccc1. The Balaban J connectivity index is 2.24. The summed E-state index contributed by atoms with van der Waals surface area (Å²) in [5, 5.41) is 9.96. The van der Waals surface area contributed by atoms with Crippen molar-refractivity contribution in [3.05, 3.63) is 71.8 Å². The third kappa shape index (κ3) is 4.22. The molecular formula is C18H22O. The maximum absolute atomic E-state index is 9.96. The average molecular weight is 254 g/mol. The van der Waals surface area contributed by atoms with Gasteiger partial charge in [0.05, 0.1) is 5.60 Å². The highest BCUT2D eigenvalue weighted by Crippen LogP contribution is 2.31. The van der Waals surface area contributed by atoms with Gasteiger partial charge in [0.25, 0.3) is 0 Å². The van der Waals surface area contributed by atoms with Gasteiger partial charge < -0.3 is 5.11 Å².